The number of benzene rings is 1. The fourth-order valence-electron chi connectivity index (χ4n) is 1.26. The van der Waals surface area contributed by atoms with Gasteiger partial charge in [0.25, 0.3) is 0 Å². The lowest BCUT2D eigenvalue weighted by atomic mass is 10.2. The molecule has 17 heavy (non-hydrogen) atoms. The van der Waals surface area contributed by atoms with Crippen molar-refractivity contribution in [1.82, 2.24) is 14.9 Å². The van der Waals surface area contributed by atoms with Gasteiger partial charge in [0, 0.05) is 10.0 Å². The van der Waals surface area contributed by atoms with Crippen molar-refractivity contribution in [1.29, 1.82) is 0 Å². The molecule has 1 aromatic carbocycles. The van der Waals surface area contributed by atoms with Gasteiger partial charge in [-0.1, -0.05) is 15.9 Å². The van der Waals surface area contributed by atoms with Crippen LogP contribution >= 0.6 is 28.1 Å². The molecule has 2 N–H and O–H groups in total. The van der Waals surface area contributed by atoms with Crippen LogP contribution in [0.25, 0.3) is 0 Å². The first kappa shape index (κ1) is 12.0. The monoisotopic (exact) mass is 312 g/mol. The van der Waals surface area contributed by atoms with E-state index >= 15 is 0 Å². The van der Waals surface area contributed by atoms with Gasteiger partial charge in [0.05, 0.1) is 6.21 Å². The summed E-state index contributed by atoms with van der Waals surface area (Å²) in [5, 5.41) is 20.3. The Hall–Kier alpha value is -1.47. The summed E-state index contributed by atoms with van der Waals surface area (Å²) in [6, 6.07) is 5.10. The number of rotatable bonds is 2. The van der Waals surface area contributed by atoms with E-state index in [1.807, 2.05) is 0 Å². The molecule has 0 atom stereocenters. The number of phenolic OH excluding ortho intramolecular Hbond substituents is 1. The largest absolute Gasteiger partial charge is 0.507 e. The number of nitrogens with zero attached hydrogens (tertiary/aromatic N) is 3. The summed E-state index contributed by atoms with van der Waals surface area (Å²) in [7, 11) is 0. The number of phenols is 1. The minimum atomic E-state index is 0.157. The highest BCUT2D eigenvalue weighted by molar-refractivity contribution is 9.10. The van der Waals surface area contributed by atoms with Crippen LogP contribution in [-0.4, -0.2) is 26.2 Å². The van der Waals surface area contributed by atoms with Crippen LogP contribution in [0.5, 0.6) is 5.75 Å². The van der Waals surface area contributed by atoms with E-state index in [0.717, 1.165) is 4.47 Å². The Morgan fingerprint density at radius 3 is 3.00 bits per heavy atom. The molecule has 0 saturated heterocycles. The first-order valence-corrected chi connectivity index (χ1v) is 5.95. The number of H-pyrrole nitrogens is 1. The molecule has 0 saturated carbocycles. The van der Waals surface area contributed by atoms with Crippen molar-refractivity contribution in [2.24, 2.45) is 5.10 Å². The second-order valence-electron chi connectivity index (χ2n) is 3.34. The zero-order valence-corrected chi connectivity index (χ0v) is 11.3. The SMILES string of the molecule is Cc1n[nH]c(=S)n1N=Cc1cc(Br)ccc1O. The second kappa shape index (κ2) is 4.80. The predicted octanol–water partition coefficient (Wildman–Crippen LogP) is 2.60. The van der Waals surface area contributed by atoms with Gasteiger partial charge in [-0.3, -0.25) is 5.10 Å². The summed E-state index contributed by atoms with van der Waals surface area (Å²) < 4.78 is 2.76. The summed E-state index contributed by atoms with van der Waals surface area (Å²) in [4.78, 5) is 0. The Bertz CT molecular complexity index is 631. The number of aromatic hydroxyl groups is 1. The fraction of sp³-hybridized carbons (Fsp3) is 0.100. The molecule has 0 bridgehead atoms. The molecule has 0 fully saturated rings. The van der Waals surface area contributed by atoms with Crippen molar-refractivity contribution in [3.63, 3.8) is 0 Å². The normalized spacial score (nSPS) is 11.2. The van der Waals surface area contributed by atoms with Gasteiger partial charge in [0.1, 0.15) is 11.6 Å². The lowest BCUT2D eigenvalue weighted by Gasteiger charge is -1.99. The molecule has 0 aliphatic heterocycles. The molecule has 88 valence electrons. The van der Waals surface area contributed by atoms with Gasteiger partial charge in [-0.25, -0.2) is 0 Å². The van der Waals surface area contributed by atoms with Crippen LogP contribution in [0.1, 0.15) is 11.4 Å². The molecule has 1 aromatic heterocycles. The van der Waals surface area contributed by atoms with Gasteiger partial charge in [-0.05, 0) is 37.3 Å². The molecule has 5 nitrogen and oxygen atoms in total. The fourth-order valence-corrected chi connectivity index (χ4v) is 1.86. The average Bonchev–Trinajstić information content (AvgIpc) is 2.61. The van der Waals surface area contributed by atoms with Crippen LogP contribution in [0.2, 0.25) is 0 Å². The van der Waals surface area contributed by atoms with Crippen LogP contribution in [0.4, 0.5) is 0 Å². The quantitative estimate of drug-likeness (QED) is 0.661. The molecule has 0 radical (unpaired) electrons. The zero-order chi connectivity index (χ0) is 12.4. The molecular formula is C10H9BrN4OS. The summed E-state index contributed by atoms with van der Waals surface area (Å²) >= 11 is 8.33. The molecule has 1 heterocycles. The van der Waals surface area contributed by atoms with Gasteiger partial charge >= 0.3 is 0 Å². The van der Waals surface area contributed by atoms with Gasteiger partial charge < -0.3 is 5.11 Å². The third-order valence-corrected chi connectivity index (χ3v) is 2.87. The first-order chi connectivity index (χ1) is 8.08. The van der Waals surface area contributed by atoms with Crippen LogP contribution in [0.3, 0.4) is 0 Å². The lowest BCUT2D eigenvalue weighted by molar-refractivity contribution is 0.474. The van der Waals surface area contributed by atoms with E-state index < -0.39 is 0 Å². The van der Waals surface area contributed by atoms with E-state index in [-0.39, 0.29) is 5.75 Å². The molecule has 0 aliphatic rings. The molecular weight excluding hydrogens is 304 g/mol. The molecule has 0 aliphatic carbocycles. The zero-order valence-electron chi connectivity index (χ0n) is 8.88. The van der Waals surface area contributed by atoms with Gasteiger partial charge in [0.2, 0.25) is 4.77 Å². The summed E-state index contributed by atoms with van der Waals surface area (Å²) in [5.41, 5.74) is 0.599. The molecule has 0 amide bonds. The standard InChI is InChI=1S/C10H9BrN4OS/c1-6-13-14-10(17)15(6)12-5-7-4-8(11)2-3-9(7)16/h2-5,16H,1H3,(H,14,17). The molecule has 7 heteroatoms. The molecule has 2 rings (SSSR count). The van der Waals surface area contributed by atoms with Gasteiger partial charge in [-0.15, -0.1) is 0 Å². The number of hydrogen-bond donors (Lipinski definition) is 2. The number of aryl methyl sites for hydroxylation is 1. The maximum Gasteiger partial charge on any atom is 0.216 e. The predicted molar refractivity (Wildman–Crippen MR) is 70.9 cm³/mol. The Kier molecular flexibility index (Phi) is 3.39. The van der Waals surface area contributed by atoms with Crippen molar-refractivity contribution in [3.8, 4) is 5.75 Å². The van der Waals surface area contributed by atoms with Gasteiger partial charge in [-0.2, -0.15) is 14.9 Å². The average molecular weight is 313 g/mol. The summed E-state index contributed by atoms with van der Waals surface area (Å²) in [5.74, 6) is 0.811. The van der Waals surface area contributed by atoms with Crippen molar-refractivity contribution in [2.75, 3.05) is 0 Å². The highest BCUT2D eigenvalue weighted by Crippen LogP contribution is 2.20. The Labute approximate surface area is 111 Å². The lowest BCUT2D eigenvalue weighted by Crippen LogP contribution is -1.94. The smallest absolute Gasteiger partial charge is 0.216 e. The van der Waals surface area contributed by atoms with Crippen LogP contribution in [-0.2, 0) is 0 Å². The van der Waals surface area contributed by atoms with Crippen molar-refractivity contribution in [2.45, 2.75) is 6.92 Å². The van der Waals surface area contributed by atoms with E-state index in [4.69, 9.17) is 12.2 Å². The summed E-state index contributed by atoms with van der Waals surface area (Å²) in [6.45, 7) is 1.78. The van der Waals surface area contributed by atoms with Crippen molar-refractivity contribution >= 4 is 34.4 Å². The van der Waals surface area contributed by atoms with E-state index in [2.05, 4.69) is 31.2 Å². The molecule has 0 unspecified atom stereocenters. The molecule has 2 aromatic rings. The minimum Gasteiger partial charge on any atom is -0.507 e. The minimum absolute atomic E-state index is 0.157. The number of halogens is 1. The first-order valence-electron chi connectivity index (χ1n) is 4.75. The van der Waals surface area contributed by atoms with Crippen LogP contribution in [0, 0.1) is 11.7 Å². The summed E-state index contributed by atoms with van der Waals surface area (Å²) in [6.07, 6.45) is 1.53. The van der Waals surface area contributed by atoms with Crippen LogP contribution in [0.15, 0.2) is 27.8 Å². The van der Waals surface area contributed by atoms with Crippen molar-refractivity contribution in [3.05, 3.63) is 38.8 Å². The topological polar surface area (TPSA) is 66.2 Å². The number of hydrogen-bond acceptors (Lipinski definition) is 4. The van der Waals surface area contributed by atoms with E-state index in [1.165, 1.54) is 10.9 Å². The molecule has 0 spiro atoms. The number of nitrogens with one attached hydrogen (secondary N) is 1. The Morgan fingerprint density at radius 1 is 1.59 bits per heavy atom. The highest BCUT2D eigenvalue weighted by atomic mass is 79.9. The Morgan fingerprint density at radius 2 is 2.35 bits per heavy atom. The van der Waals surface area contributed by atoms with E-state index in [9.17, 15) is 5.11 Å². The maximum absolute atomic E-state index is 9.63. The number of aromatic nitrogens is 3. The highest BCUT2D eigenvalue weighted by Gasteiger charge is 2.01. The second-order valence-corrected chi connectivity index (χ2v) is 4.64. The van der Waals surface area contributed by atoms with E-state index in [0.29, 0.717) is 16.2 Å². The maximum atomic E-state index is 9.63. The van der Waals surface area contributed by atoms with Crippen molar-refractivity contribution < 1.29 is 5.11 Å². The van der Waals surface area contributed by atoms with Crippen LogP contribution < -0.4 is 0 Å². The van der Waals surface area contributed by atoms with Gasteiger partial charge in [0.15, 0.2) is 0 Å². The number of aromatic amines is 1. The van der Waals surface area contributed by atoms with E-state index in [1.54, 1.807) is 25.1 Å². The Balaban J connectivity index is 2.39. The third kappa shape index (κ3) is 2.62. The third-order valence-electron chi connectivity index (χ3n) is 2.11.